The Morgan fingerprint density at radius 1 is 1.04 bits per heavy atom. The number of carbonyl (C=O) groups is 1. The Hall–Kier alpha value is -2.93. The van der Waals surface area contributed by atoms with Gasteiger partial charge in [-0.05, 0) is 12.1 Å². The third-order valence-electron chi connectivity index (χ3n) is 4.39. The zero-order chi connectivity index (χ0) is 18.9. The number of ketones is 1. The second-order valence-corrected chi connectivity index (χ2v) is 5.69. The van der Waals surface area contributed by atoms with Crippen molar-refractivity contribution in [2.45, 2.75) is 12.2 Å². The van der Waals surface area contributed by atoms with Crippen LogP contribution < -0.4 is 18.9 Å². The van der Waals surface area contributed by atoms with Crippen LogP contribution in [-0.2, 0) is 10.5 Å². The van der Waals surface area contributed by atoms with E-state index in [9.17, 15) is 9.90 Å². The van der Waals surface area contributed by atoms with Crippen LogP contribution in [0.4, 0.5) is 0 Å². The third kappa shape index (κ3) is 2.61. The topological polar surface area (TPSA) is 83.5 Å². The minimum atomic E-state index is -1.43. The van der Waals surface area contributed by atoms with E-state index >= 15 is 0 Å². The predicted molar refractivity (Wildman–Crippen MR) is 92.5 cm³/mol. The van der Waals surface area contributed by atoms with E-state index < -0.39 is 5.79 Å². The molecule has 0 spiro atoms. The molecule has 1 heterocycles. The molecule has 0 fully saturated rings. The molecule has 1 aliphatic heterocycles. The van der Waals surface area contributed by atoms with Crippen LogP contribution in [0.5, 0.6) is 28.7 Å². The highest BCUT2D eigenvalue weighted by molar-refractivity contribution is 6.04. The summed E-state index contributed by atoms with van der Waals surface area (Å²) in [6.07, 6.45) is -0.139. The summed E-state index contributed by atoms with van der Waals surface area (Å²) in [5, 5.41) is 10.3. The van der Waals surface area contributed by atoms with Gasteiger partial charge in [0.05, 0.1) is 33.3 Å². The molecule has 0 radical (unpaired) electrons. The van der Waals surface area contributed by atoms with Crippen LogP contribution in [-0.4, -0.2) is 39.3 Å². The van der Waals surface area contributed by atoms with Crippen LogP contribution in [0.2, 0.25) is 0 Å². The molecule has 138 valence electrons. The molecule has 26 heavy (non-hydrogen) atoms. The molecule has 0 aliphatic carbocycles. The van der Waals surface area contributed by atoms with E-state index in [4.69, 9.17) is 23.7 Å². The maximum Gasteiger partial charge on any atom is 0.248 e. The number of para-hydroxylation sites is 1. The maximum atomic E-state index is 12.9. The number of phenols is 1. The Kier molecular flexibility index (Phi) is 4.65. The van der Waals surface area contributed by atoms with E-state index in [0.29, 0.717) is 11.3 Å². The van der Waals surface area contributed by atoms with Gasteiger partial charge in [-0.25, -0.2) is 0 Å². The van der Waals surface area contributed by atoms with Gasteiger partial charge in [-0.1, -0.05) is 12.1 Å². The lowest BCUT2D eigenvalue weighted by atomic mass is 9.91. The SMILES string of the molecule is COc1ccccc1C1(OC)CC(=O)c2c(O)cc(OC)c(OC)c2O1. The van der Waals surface area contributed by atoms with Gasteiger partial charge in [0, 0.05) is 13.2 Å². The Labute approximate surface area is 151 Å². The Balaban J connectivity index is 2.24. The fourth-order valence-corrected chi connectivity index (χ4v) is 3.15. The number of benzene rings is 2. The minimum absolute atomic E-state index is 0.0326. The number of Topliss-reactive ketones (excluding diaryl/α,β-unsaturated/α-hetero) is 1. The van der Waals surface area contributed by atoms with Crippen molar-refractivity contribution in [3.8, 4) is 28.7 Å². The number of hydrogen-bond donors (Lipinski definition) is 1. The molecular formula is C19H20O7. The fourth-order valence-electron chi connectivity index (χ4n) is 3.15. The zero-order valence-electron chi connectivity index (χ0n) is 15.0. The highest BCUT2D eigenvalue weighted by Crippen LogP contribution is 2.52. The first kappa shape index (κ1) is 17.9. The maximum absolute atomic E-state index is 12.9. The number of fused-ring (bicyclic) bond motifs is 1. The molecule has 3 rings (SSSR count). The summed E-state index contributed by atoms with van der Waals surface area (Å²) in [4.78, 5) is 12.9. The normalized spacial score (nSPS) is 18.7. The van der Waals surface area contributed by atoms with Gasteiger partial charge in [0.15, 0.2) is 17.3 Å². The second-order valence-electron chi connectivity index (χ2n) is 5.69. The molecular weight excluding hydrogens is 340 g/mol. The van der Waals surface area contributed by atoms with Crippen LogP contribution in [0, 0.1) is 0 Å². The van der Waals surface area contributed by atoms with Gasteiger partial charge in [0.1, 0.15) is 17.1 Å². The summed E-state index contributed by atoms with van der Waals surface area (Å²) < 4.78 is 27.8. The van der Waals surface area contributed by atoms with Gasteiger partial charge in [0.2, 0.25) is 11.5 Å². The summed E-state index contributed by atoms with van der Waals surface area (Å²) in [6, 6.07) is 8.43. The van der Waals surface area contributed by atoms with Crippen molar-refractivity contribution in [1.82, 2.24) is 0 Å². The Bertz CT molecular complexity index is 846. The minimum Gasteiger partial charge on any atom is -0.507 e. The molecule has 0 amide bonds. The molecule has 1 unspecified atom stereocenters. The van der Waals surface area contributed by atoms with Crippen molar-refractivity contribution in [1.29, 1.82) is 0 Å². The van der Waals surface area contributed by atoms with Crippen LogP contribution in [0.25, 0.3) is 0 Å². The van der Waals surface area contributed by atoms with E-state index in [1.54, 1.807) is 24.3 Å². The van der Waals surface area contributed by atoms with Crippen molar-refractivity contribution in [2.75, 3.05) is 28.4 Å². The molecule has 1 aliphatic rings. The van der Waals surface area contributed by atoms with Crippen LogP contribution in [0.3, 0.4) is 0 Å². The van der Waals surface area contributed by atoms with Crippen LogP contribution >= 0.6 is 0 Å². The van der Waals surface area contributed by atoms with E-state index in [1.807, 2.05) is 0 Å². The van der Waals surface area contributed by atoms with Gasteiger partial charge in [-0.2, -0.15) is 0 Å². The average molecular weight is 360 g/mol. The summed E-state index contributed by atoms with van der Waals surface area (Å²) in [6.45, 7) is 0. The van der Waals surface area contributed by atoms with E-state index in [2.05, 4.69) is 0 Å². The van der Waals surface area contributed by atoms with Gasteiger partial charge in [-0.15, -0.1) is 0 Å². The summed E-state index contributed by atoms with van der Waals surface area (Å²) in [5.41, 5.74) is 0.582. The molecule has 7 nitrogen and oxygen atoms in total. The molecule has 0 aromatic heterocycles. The fraction of sp³-hybridized carbons (Fsp3) is 0.316. The predicted octanol–water partition coefficient (Wildman–Crippen LogP) is 2.88. The van der Waals surface area contributed by atoms with Crippen molar-refractivity contribution in [3.63, 3.8) is 0 Å². The number of methoxy groups -OCH3 is 4. The molecule has 2 aromatic carbocycles. The van der Waals surface area contributed by atoms with Crippen molar-refractivity contribution >= 4 is 5.78 Å². The molecule has 1 atom stereocenters. The zero-order valence-corrected chi connectivity index (χ0v) is 15.0. The Morgan fingerprint density at radius 2 is 1.73 bits per heavy atom. The van der Waals surface area contributed by atoms with E-state index in [0.717, 1.165) is 0 Å². The lowest BCUT2D eigenvalue weighted by molar-refractivity contribution is -0.175. The lowest BCUT2D eigenvalue weighted by Gasteiger charge is -2.38. The molecule has 7 heteroatoms. The van der Waals surface area contributed by atoms with E-state index in [1.165, 1.54) is 34.5 Å². The van der Waals surface area contributed by atoms with E-state index in [-0.39, 0.29) is 40.8 Å². The van der Waals surface area contributed by atoms with Gasteiger partial charge < -0.3 is 28.8 Å². The number of hydrogen-bond acceptors (Lipinski definition) is 7. The highest BCUT2D eigenvalue weighted by atomic mass is 16.7. The average Bonchev–Trinajstić information content (AvgIpc) is 2.66. The first-order valence-corrected chi connectivity index (χ1v) is 7.90. The number of rotatable bonds is 5. The first-order chi connectivity index (χ1) is 12.5. The summed E-state index contributed by atoms with van der Waals surface area (Å²) >= 11 is 0. The lowest BCUT2D eigenvalue weighted by Crippen LogP contribution is -2.41. The summed E-state index contributed by atoms with van der Waals surface area (Å²) in [7, 11) is 5.82. The monoisotopic (exact) mass is 360 g/mol. The number of ether oxygens (including phenoxy) is 5. The van der Waals surface area contributed by atoms with Crippen molar-refractivity contribution in [2.24, 2.45) is 0 Å². The molecule has 1 N–H and O–H groups in total. The molecule has 0 saturated heterocycles. The Morgan fingerprint density at radius 3 is 2.35 bits per heavy atom. The van der Waals surface area contributed by atoms with Crippen molar-refractivity contribution in [3.05, 3.63) is 41.5 Å². The van der Waals surface area contributed by atoms with Gasteiger partial charge >= 0.3 is 0 Å². The van der Waals surface area contributed by atoms with Crippen LogP contribution in [0.1, 0.15) is 22.3 Å². The standard InChI is InChI=1S/C19H20O7/c1-22-14-8-6-5-7-11(14)19(25-4)10-13(21)16-12(20)9-15(23-2)17(24-3)18(16)26-19/h5-9,20H,10H2,1-4H3. The smallest absolute Gasteiger partial charge is 0.248 e. The van der Waals surface area contributed by atoms with Gasteiger partial charge in [0.25, 0.3) is 0 Å². The largest absolute Gasteiger partial charge is 0.507 e. The molecule has 2 aromatic rings. The van der Waals surface area contributed by atoms with Gasteiger partial charge in [-0.3, -0.25) is 4.79 Å². The quantitative estimate of drug-likeness (QED) is 0.878. The summed E-state index contributed by atoms with van der Waals surface area (Å²) in [5.74, 6) is -1.01. The second kappa shape index (κ2) is 6.76. The molecule has 0 saturated carbocycles. The van der Waals surface area contributed by atoms with Crippen LogP contribution in [0.15, 0.2) is 30.3 Å². The number of phenolic OH excluding ortho intramolecular Hbond substituents is 1. The highest BCUT2D eigenvalue weighted by Gasteiger charge is 2.47. The first-order valence-electron chi connectivity index (χ1n) is 7.90. The third-order valence-corrected chi connectivity index (χ3v) is 4.39. The number of carbonyl (C=O) groups excluding carboxylic acids is 1. The molecule has 0 bridgehead atoms. The van der Waals surface area contributed by atoms with Crippen molar-refractivity contribution < 1.29 is 33.6 Å². The number of aromatic hydroxyl groups is 1.